The molecule has 0 aliphatic carbocycles. The van der Waals surface area contributed by atoms with Crippen LogP contribution in [-0.2, 0) is 23.4 Å². The van der Waals surface area contributed by atoms with Crippen LogP contribution < -0.4 is 0 Å². The van der Waals surface area contributed by atoms with E-state index in [1.54, 1.807) is 25.1 Å². The molecular weight excluding hydrogens is 291 g/mol. The summed E-state index contributed by atoms with van der Waals surface area (Å²) in [5.74, 6) is -2.35. The zero-order valence-corrected chi connectivity index (χ0v) is 12.2. The Balaban J connectivity index is 3.03. The number of carbonyl (C=O) groups is 1. The molecule has 0 amide bonds. The highest BCUT2D eigenvalue weighted by Gasteiger charge is 2.44. The van der Waals surface area contributed by atoms with Crippen LogP contribution in [0.5, 0.6) is 0 Å². The Bertz CT molecular complexity index is 554. The van der Waals surface area contributed by atoms with E-state index in [9.17, 15) is 17.8 Å². The largest absolute Gasteiger partial charge is 0.550 e. The molecule has 1 rings (SSSR count). The summed E-state index contributed by atoms with van der Waals surface area (Å²) in [4.78, 5) is 12.1. The van der Waals surface area contributed by atoms with Gasteiger partial charge in [0.05, 0.1) is 12.9 Å². The molecule has 19 heavy (non-hydrogen) atoms. The van der Waals surface area contributed by atoms with E-state index in [1.165, 1.54) is 12.1 Å². The summed E-state index contributed by atoms with van der Waals surface area (Å²) in [6.45, 7) is 1.67. The third-order valence-corrected chi connectivity index (χ3v) is 3.92. The maximum Gasteiger partial charge on any atom is 0.550 e. The van der Waals surface area contributed by atoms with Crippen LogP contribution in [0, 0.1) is 0 Å². The Morgan fingerprint density at radius 2 is 1.89 bits per heavy atom. The minimum absolute atomic E-state index is 0.0842. The zero-order valence-electron chi connectivity index (χ0n) is 10.5. The van der Waals surface area contributed by atoms with E-state index in [-0.39, 0.29) is 12.2 Å². The van der Waals surface area contributed by atoms with E-state index in [1.807, 2.05) is 0 Å². The summed E-state index contributed by atoms with van der Waals surface area (Å²) < 4.78 is 43.4. The van der Waals surface area contributed by atoms with Crippen molar-refractivity contribution >= 4 is 23.9 Å². The van der Waals surface area contributed by atoms with Crippen molar-refractivity contribution in [2.45, 2.75) is 12.8 Å². The van der Waals surface area contributed by atoms with Crippen molar-refractivity contribution in [3.8, 4) is 0 Å². The van der Waals surface area contributed by atoms with Crippen molar-refractivity contribution < 1.29 is 26.5 Å². The molecule has 2 atom stereocenters. The Morgan fingerprint density at radius 3 is 2.37 bits per heavy atom. The molecule has 0 N–H and O–H groups in total. The van der Waals surface area contributed by atoms with Crippen LogP contribution in [0.2, 0.25) is 0 Å². The van der Waals surface area contributed by atoms with Gasteiger partial charge in [0.15, 0.2) is 0 Å². The van der Waals surface area contributed by atoms with Crippen LogP contribution in [0.25, 0.3) is 0 Å². The average molecular weight is 305 g/mol. The van der Waals surface area contributed by atoms with Crippen LogP contribution in [0.15, 0.2) is 30.3 Å². The highest BCUT2D eigenvalue weighted by Crippen LogP contribution is 2.33. The lowest BCUT2D eigenvalue weighted by molar-refractivity contribution is 0.0877. The quantitative estimate of drug-likeness (QED) is 0.435. The molecule has 2 unspecified atom stereocenters. The minimum atomic E-state index is -3.92. The molecule has 0 aliphatic rings. The van der Waals surface area contributed by atoms with Crippen LogP contribution in [-0.4, -0.2) is 32.9 Å². The highest BCUT2D eigenvalue weighted by atomic mass is 32.2. The number of benzene rings is 1. The molecule has 0 radical (unpaired) electrons. The molecule has 0 spiro atoms. The topological polar surface area (TPSA) is 86.7 Å². The third kappa shape index (κ3) is 5.16. The molecule has 6 nitrogen and oxygen atoms in total. The average Bonchev–Trinajstić information content (AvgIpc) is 2.35. The van der Waals surface area contributed by atoms with Gasteiger partial charge in [-0.1, -0.05) is 30.3 Å². The van der Waals surface area contributed by atoms with Crippen molar-refractivity contribution in [3.05, 3.63) is 35.9 Å². The Hall–Kier alpha value is -1.14. The molecule has 0 aromatic heterocycles. The molecule has 0 heterocycles. The number of hydrogen-bond donors (Lipinski definition) is 0. The number of rotatable bonds is 7. The third-order valence-electron chi connectivity index (χ3n) is 2.00. The van der Waals surface area contributed by atoms with Gasteiger partial charge < -0.3 is 0 Å². The van der Waals surface area contributed by atoms with Crippen LogP contribution in [0.1, 0.15) is 17.3 Å². The van der Waals surface area contributed by atoms with Crippen molar-refractivity contribution in [1.29, 1.82) is 0 Å². The van der Waals surface area contributed by atoms with Gasteiger partial charge in [0.2, 0.25) is 5.78 Å². The molecule has 0 saturated carbocycles. The first kappa shape index (κ1) is 15.9. The van der Waals surface area contributed by atoms with Gasteiger partial charge in [0.25, 0.3) is 10.1 Å². The zero-order chi connectivity index (χ0) is 14.5. The fourth-order valence-corrected chi connectivity index (χ4v) is 3.18. The van der Waals surface area contributed by atoms with Gasteiger partial charge in [-0.15, -0.1) is 4.52 Å². The van der Waals surface area contributed by atoms with Crippen LogP contribution in [0.4, 0.5) is 0 Å². The lowest BCUT2D eigenvalue weighted by Gasteiger charge is -2.05. The van der Waals surface area contributed by atoms with Gasteiger partial charge in [-0.2, -0.15) is 8.42 Å². The first-order valence-corrected chi connectivity index (χ1v) is 8.48. The van der Waals surface area contributed by atoms with Gasteiger partial charge in [-0.25, -0.2) is 4.18 Å². The fourth-order valence-electron chi connectivity index (χ4n) is 1.28. The predicted molar refractivity (Wildman–Crippen MR) is 69.7 cm³/mol. The summed E-state index contributed by atoms with van der Waals surface area (Å²) in [6.07, 6.45) is 0.785. The lowest BCUT2D eigenvalue weighted by Crippen LogP contribution is -2.24. The van der Waals surface area contributed by atoms with E-state index in [4.69, 9.17) is 4.52 Å². The molecule has 1 aromatic rings. The van der Waals surface area contributed by atoms with Crippen LogP contribution >= 0.6 is 8.03 Å². The van der Waals surface area contributed by atoms with Gasteiger partial charge >= 0.3 is 13.9 Å². The standard InChI is InChI=1S/C11H14O6PS/c1-3-16-18(13)11(17-19(2,14)15)10(12)9-7-5-4-6-8-9/h4-8,11H,3H2,1-2H3/q+1. The lowest BCUT2D eigenvalue weighted by atomic mass is 10.1. The van der Waals surface area contributed by atoms with Crippen molar-refractivity contribution in [3.63, 3.8) is 0 Å². The van der Waals surface area contributed by atoms with E-state index >= 15 is 0 Å². The smallest absolute Gasteiger partial charge is 0.286 e. The van der Waals surface area contributed by atoms with Crippen molar-refractivity contribution in [2.75, 3.05) is 12.9 Å². The molecule has 1 aromatic carbocycles. The van der Waals surface area contributed by atoms with E-state index in [0.29, 0.717) is 0 Å². The molecular formula is C11H14O6PS+. The molecule has 8 heteroatoms. The van der Waals surface area contributed by atoms with Gasteiger partial charge in [-0.05, 0) is 11.5 Å². The Labute approximate surface area is 112 Å². The maximum atomic E-state index is 12.1. The van der Waals surface area contributed by atoms with Crippen molar-refractivity contribution in [2.24, 2.45) is 0 Å². The molecule has 0 fully saturated rings. The highest BCUT2D eigenvalue weighted by molar-refractivity contribution is 7.86. The summed E-state index contributed by atoms with van der Waals surface area (Å²) in [7, 11) is -6.50. The monoisotopic (exact) mass is 305 g/mol. The minimum Gasteiger partial charge on any atom is -0.286 e. The normalized spacial score (nSPS) is 13.9. The molecule has 0 aliphatic heterocycles. The second kappa shape index (κ2) is 6.86. The predicted octanol–water partition coefficient (Wildman–Crippen LogP) is 1.95. The van der Waals surface area contributed by atoms with E-state index in [2.05, 4.69) is 4.18 Å². The van der Waals surface area contributed by atoms with Crippen molar-refractivity contribution in [1.82, 2.24) is 0 Å². The Kier molecular flexibility index (Phi) is 5.75. The number of hydrogen-bond acceptors (Lipinski definition) is 6. The van der Waals surface area contributed by atoms with Crippen LogP contribution in [0.3, 0.4) is 0 Å². The summed E-state index contributed by atoms with van der Waals surface area (Å²) in [6, 6.07) is 7.88. The summed E-state index contributed by atoms with van der Waals surface area (Å²) in [5, 5.41) is 0. The summed E-state index contributed by atoms with van der Waals surface area (Å²) >= 11 is 0. The SMILES string of the molecule is CCO[P+](=O)C(OS(C)(=O)=O)C(=O)c1ccccc1. The fraction of sp³-hybridized carbons (Fsp3) is 0.364. The number of ketones is 1. The Morgan fingerprint density at radius 1 is 1.32 bits per heavy atom. The number of Topliss-reactive ketones (excluding diaryl/α,β-unsaturated/α-hetero) is 1. The van der Waals surface area contributed by atoms with Gasteiger partial charge in [0.1, 0.15) is 0 Å². The first-order valence-electron chi connectivity index (χ1n) is 5.42. The van der Waals surface area contributed by atoms with Gasteiger partial charge in [-0.3, -0.25) is 4.79 Å². The second-order valence-electron chi connectivity index (χ2n) is 3.59. The summed E-state index contributed by atoms with van der Waals surface area (Å²) in [5.41, 5.74) is 0.208. The molecule has 104 valence electrons. The second-order valence-corrected chi connectivity index (χ2v) is 6.48. The van der Waals surface area contributed by atoms with E-state index in [0.717, 1.165) is 6.26 Å². The van der Waals surface area contributed by atoms with Gasteiger partial charge in [0, 0.05) is 5.56 Å². The first-order chi connectivity index (χ1) is 8.85. The molecule has 0 bridgehead atoms. The molecule has 0 saturated heterocycles. The number of carbonyl (C=O) groups excluding carboxylic acids is 1. The maximum absolute atomic E-state index is 12.1. The van der Waals surface area contributed by atoms with E-state index < -0.39 is 29.8 Å².